The van der Waals surface area contributed by atoms with Gasteiger partial charge in [0.25, 0.3) is 0 Å². The van der Waals surface area contributed by atoms with Crippen LogP contribution in [-0.4, -0.2) is 14.2 Å². The second-order valence-corrected chi connectivity index (χ2v) is 5.47. The van der Waals surface area contributed by atoms with Gasteiger partial charge in [-0.2, -0.15) is 0 Å². The highest BCUT2D eigenvalue weighted by Crippen LogP contribution is 2.47. The van der Waals surface area contributed by atoms with E-state index >= 15 is 0 Å². The molecule has 0 N–H and O–H groups in total. The van der Waals surface area contributed by atoms with Crippen LogP contribution in [0.4, 0.5) is 0 Å². The van der Waals surface area contributed by atoms with Gasteiger partial charge in [-0.15, -0.1) is 0 Å². The molecule has 3 rings (SSSR count). The average Bonchev–Trinajstić information content (AvgIpc) is 2.54. The largest absolute Gasteiger partial charge is 0.458 e. The van der Waals surface area contributed by atoms with Crippen molar-refractivity contribution < 1.29 is 14.2 Å². The molecule has 1 heterocycles. The van der Waals surface area contributed by atoms with E-state index in [0.29, 0.717) is 11.4 Å². The minimum absolute atomic E-state index is 0.132. The van der Waals surface area contributed by atoms with E-state index in [9.17, 15) is 0 Å². The van der Waals surface area contributed by atoms with Crippen molar-refractivity contribution in [2.45, 2.75) is 18.3 Å². The Morgan fingerprint density at radius 2 is 1.90 bits per heavy atom. The van der Waals surface area contributed by atoms with E-state index in [1.165, 1.54) is 0 Å². The van der Waals surface area contributed by atoms with Gasteiger partial charge in [0.05, 0.1) is 6.10 Å². The molecule has 0 bridgehead atoms. The summed E-state index contributed by atoms with van der Waals surface area (Å²) < 4.78 is 17.6. The van der Waals surface area contributed by atoms with Crippen molar-refractivity contribution in [2.24, 2.45) is 0 Å². The Morgan fingerprint density at radius 3 is 2.57 bits per heavy atom. The van der Waals surface area contributed by atoms with Crippen molar-refractivity contribution in [3.05, 3.63) is 64.7 Å². The first-order chi connectivity index (χ1) is 10.2. The molecule has 2 aromatic rings. The normalized spacial score (nSPS) is 24.2. The van der Waals surface area contributed by atoms with Crippen molar-refractivity contribution in [1.82, 2.24) is 0 Å². The van der Waals surface area contributed by atoms with E-state index in [-0.39, 0.29) is 6.10 Å². The SMILES string of the molecule is COC1CC(OC)(c2ccccc2)Oc2ccc(Cl)cc21. The molecule has 0 radical (unpaired) electrons. The van der Waals surface area contributed by atoms with Crippen molar-refractivity contribution in [2.75, 3.05) is 14.2 Å². The molecule has 2 atom stereocenters. The lowest BCUT2D eigenvalue weighted by Gasteiger charge is -2.40. The number of hydrogen-bond donors (Lipinski definition) is 0. The molecule has 1 aliphatic heterocycles. The Kier molecular flexibility index (Phi) is 3.89. The van der Waals surface area contributed by atoms with Gasteiger partial charge >= 0.3 is 0 Å². The lowest BCUT2D eigenvalue weighted by Crippen LogP contribution is -2.40. The predicted octanol–water partition coefficient (Wildman–Crippen LogP) is 4.31. The maximum atomic E-state index is 6.18. The standard InChI is InChI=1S/C17H17ClO3/c1-19-16-11-17(20-2,12-6-4-3-5-7-12)21-15-9-8-13(18)10-14(15)16/h3-10,16H,11H2,1-2H3. The summed E-state index contributed by atoms with van der Waals surface area (Å²) in [4.78, 5) is 0. The third kappa shape index (κ3) is 2.53. The van der Waals surface area contributed by atoms with Crippen molar-refractivity contribution in [3.63, 3.8) is 0 Å². The molecule has 2 unspecified atom stereocenters. The quantitative estimate of drug-likeness (QED) is 0.845. The molecular formula is C17H17ClO3. The fourth-order valence-electron chi connectivity index (χ4n) is 2.76. The fraction of sp³-hybridized carbons (Fsp3) is 0.294. The van der Waals surface area contributed by atoms with Crippen molar-refractivity contribution in [1.29, 1.82) is 0 Å². The Labute approximate surface area is 129 Å². The van der Waals surface area contributed by atoms with E-state index in [4.69, 9.17) is 25.8 Å². The molecule has 110 valence electrons. The van der Waals surface area contributed by atoms with Crippen molar-refractivity contribution in [3.8, 4) is 5.75 Å². The number of rotatable bonds is 3. The Balaban J connectivity index is 2.08. The van der Waals surface area contributed by atoms with Crippen LogP contribution >= 0.6 is 11.6 Å². The number of fused-ring (bicyclic) bond motifs is 1. The molecule has 0 saturated carbocycles. The smallest absolute Gasteiger partial charge is 0.239 e. The minimum Gasteiger partial charge on any atom is -0.458 e. The highest BCUT2D eigenvalue weighted by Gasteiger charge is 2.43. The molecule has 0 aromatic heterocycles. The maximum absolute atomic E-state index is 6.18. The lowest BCUT2D eigenvalue weighted by molar-refractivity contribution is -0.206. The van der Waals surface area contributed by atoms with E-state index in [1.54, 1.807) is 14.2 Å². The lowest BCUT2D eigenvalue weighted by atomic mass is 9.91. The molecule has 0 amide bonds. The molecule has 0 spiro atoms. The predicted molar refractivity (Wildman–Crippen MR) is 81.6 cm³/mol. The first-order valence-electron chi connectivity index (χ1n) is 6.80. The molecule has 0 saturated heterocycles. The highest BCUT2D eigenvalue weighted by atomic mass is 35.5. The highest BCUT2D eigenvalue weighted by molar-refractivity contribution is 6.30. The number of halogens is 1. The minimum atomic E-state index is -0.844. The van der Waals surface area contributed by atoms with Gasteiger partial charge in [0.15, 0.2) is 0 Å². The maximum Gasteiger partial charge on any atom is 0.239 e. The third-order valence-corrected chi connectivity index (χ3v) is 4.11. The number of methoxy groups -OCH3 is 2. The van der Waals surface area contributed by atoms with Crippen LogP contribution in [-0.2, 0) is 15.3 Å². The summed E-state index contributed by atoms with van der Waals surface area (Å²) in [5.74, 6) is -0.105. The van der Waals surface area contributed by atoms with Gasteiger partial charge in [0.1, 0.15) is 5.75 Å². The van der Waals surface area contributed by atoms with Gasteiger partial charge in [0, 0.05) is 36.8 Å². The van der Waals surface area contributed by atoms with Gasteiger partial charge in [-0.05, 0) is 18.2 Å². The monoisotopic (exact) mass is 304 g/mol. The van der Waals surface area contributed by atoms with Gasteiger partial charge in [-0.25, -0.2) is 0 Å². The molecule has 1 aliphatic rings. The van der Waals surface area contributed by atoms with Crippen molar-refractivity contribution >= 4 is 11.6 Å². The molecule has 21 heavy (non-hydrogen) atoms. The summed E-state index contributed by atoms with van der Waals surface area (Å²) in [5.41, 5.74) is 1.92. The summed E-state index contributed by atoms with van der Waals surface area (Å²) in [6.07, 6.45) is 0.435. The fourth-order valence-corrected chi connectivity index (χ4v) is 2.94. The molecule has 2 aromatic carbocycles. The summed E-state index contributed by atoms with van der Waals surface area (Å²) in [6.45, 7) is 0. The van der Waals surface area contributed by atoms with Crippen LogP contribution in [0.5, 0.6) is 5.75 Å². The topological polar surface area (TPSA) is 27.7 Å². The first-order valence-corrected chi connectivity index (χ1v) is 7.18. The molecule has 0 fully saturated rings. The summed E-state index contributed by atoms with van der Waals surface area (Å²) in [5, 5.41) is 0.670. The Bertz CT molecular complexity index is 629. The van der Waals surface area contributed by atoms with E-state index in [1.807, 2.05) is 48.5 Å². The van der Waals surface area contributed by atoms with Gasteiger partial charge in [-0.1, -0.05) is 41.9 Å². The molecule has 4 heteroatoms. The van der Waals surface area contributed by atoms with E-state index in [0.717, 1.165) is 16.9 Å². The van der Waals surface area contributed by atoms with E-state index in [2.05, 4.69) is 0 Å². The van der Waals surface area contributed by atoms with Crippen LogP contribution in [0.3, 0.4) is 0 Å². The Hall–Kier alpha value is -1.55. The molecule has 3 nitrogen and oxygen atoms in total. The number of hydrogen-bond acceptors (Lipinski definition) is 3. The van der Waals surface area contributed by atoms with Crippen LogP contribution in [0.25, 0.3) is 0 Å². The van der Waals surface area contributed by atoms with Crippen LogP contribution in [0.2, 0.25) is 5.02 Å². The van der Waals surface area contributed by atoms with E-state index < -0.39 is 5.79 Å². The van der Waals surface area contributed by atoms with Gasteiger partial charge in [0.2, 0.25) is 5.79 Å². The van der Waals surface area contributed by atoms with Gasteiger partial charge in [-0.3, -0.25) is 0 Å². The molecular weight excluding hydrogens is 288 g/mol. The second-order valence-electron chi connectivity index (χ2n) is 5.04. The zero-order valence-electron chi connectivity index (χ0n) is 12.0. The number of ether oxygens (including phenoxy) is 3. The van der Waals surface area contributed by atoms with Crippen LogP contribution < -0.4 is 4.74 Å². The third-order valence-electron chi connectivity index (χ3n) is 3.88. The second kappa shape index (κ2) is 5.68. The summed E-state index contributed by atoms with van der Waals surface area (Å²) in [6, 6.07) is 15.5. The number of benzene rings is 2. The summed E-state index contributed by atoms with van der Waals surface area (Å²) >= 11 is 6.08. The average molecular weight is 305 g/mol. The van der Waals surface area contributed by atoms with Crippen LogP contribution in [0, 0.1) is 0 Å². The zero-order valence-corrected chi connectivity index (χ0v) is 12.8. The summed E-state index contributed by atoms with van der Waals surface area (Å²) in [7, 11) is 3.34. The molecule has 0 aliphatic carbocycles. The zero-order chi connectivity index (χ0) is 14.9. The Morgan fingerprint density at radius 1 is 1.14 bits per heavy atom. The van der Waals surface area contributed by atoms with Crippen LogP contribution in [0.1, 0.15) is 23.7 Å². The first kappa shape index (κ1) is 14.4. The van der Waals surface area contributed by atoms with Gasteiger partial charge < -0.3 is 14.2 Å². The van der Waals surface area contributed by atoms with Crippen LogP contribution in [0.15, 0.2) is 48.5 Å².